The van der Waals surface area contributed by atoms with Crippen LogP contribution in [0.4, 0.5) is 0 Å². The molecular weight excluding hydrogens is 246 g/mol. The number of carboxylic acid groups (broad SMARTS) is 1. The van der Waals surface area contributed by atoms with Crippen LogP contribution in [0.25, 0.3) is 0 Å². The molecule has 1 amide bonds. The lowest BCUT2D eigenvalue weighted by molar-refractivity contribution is -0.143. The van der Waals surface area contributed by atoms with E-state index in [-0.39, 0.29) is 24.0 Å². The number of amides is 1. The fourth-order valence-electron chi connectivity index (χ4n) is 2.03. The van der Waals surface area contributed by atoms with E-state index in [0.29, 0.717) is 0 Å². The van der Waals surface area contributed by atoms with E-state index in [1.807, 2.05) is 0 Å². The number of hydrogen-bond donors (Lipinski definition) is 3. The lowest BCUT2D eigenvalue weighted by atomic mass is 9.84. The molecule has 0 bridgehead atoms. The van der Waals surface area contributed by atoms with Crippen molar-refractivity contribution >= 4 is 11.9 Å². The fraction of sp³-hybridized carbons (Fsp3) is 0.429. The van der Waals surface area contributed by atoms with Gasteiger partial charge in [-0.05, 0) is 30.5 Å². The first-order chi connectivity index (χ1) is 9.06. The van der Waals surface area contributed by atoms with E-state index in [0.717, 1.165) is 24.8 Å². The van der Waals surface area contributed by atoms with Crippen LogP contribution in [0.1, 0.15) is 24.8 Å². The van der Waals surface area contributed by atoms with Crippen LogP contribution < -0.4 is 5.32 Å². The van der Waals surface area contributed by atoms with E-state index in [1.165, 1.54) is 12.1 Å². The van der Waals surface area contributed by atoms with Crippen LogP contribution in [0.5, 0.6) is 5.75 Å². The normalized spacial score (nSPS) is 16.4. The molecule has 0 unspecified atom stereocenters. The third-order valence-electron chi connectivity index (χ3n) is 3.47. The van der Waals surface area contributed by atoms with Gasteiger partial charge in [-0.3, -0.25) is 4.79 Å². The largest absolute Gasteiger partial charge is 0.508 e. The average molecular weight is 263 g/mol. The highest BCUT2D eigenvalue weighted by atomic mass is 16.4. The lowest BCUT2D eigenvalue weighted by Crippen LogP contribution is -2.46. The molecule has 102 valence electrons. The van der Waals surface area contributed by atoms with E-state index in [4.69, 9.17) is 5.11 Å². The molecule has 1 fully saturated rings. The summed E-state index contributed by atoms with van der Waals surface area (Å²) in [7, 11) is 0. The summed E-state index contributed by atoms with van der Waals surface area (Å²) in [5.74, 6) is -1.10. The molecule has 0 saturated heterocycles. The molecule has 5 nitrogen and oxygen atoms in total. The standard InChI is InChI=1S/C14H17NO4/c16-11-6-4-9(5-7-11)8-12(14(18)19)15-13(17)10-2-1-3-10/h4-7,10,12,16H,1-3,8H2,(H,15,17)(H,18,19)/t12-/m1/s1. The minimum absolute atomic E-state index is 0.0262. The minimum atomic E-state index is -1.04. The van der Waals surface area contributed by atoms with Crippen molar-refractivity contribution in [2.24, 2.45) is 5.92 Å². The van der Waals surface area contributed by atoms with E-state index in [2.05, 4.69) is 5.32 Å². The van der Waals surface area contributed by atoms with Crippen LogP contribution in [-0.4, -0.2) is 28.1 Å². The lowest BCUT2D eigenvalue weighted by Gasteiger charge is -2.26. The third-order valence-corrected chi connectivity index (χ3v) is 3.47. The van der Waals surface area contributed by atoms with Gasteiger partial charge in [0.2, 0.25) is 5.91 Å². The van der Waals surface area contributed by atoms with Gasteiger partial charge in [0, 0.05) is 12.3 Å². The molecule has 1 aliphatic carbocycles. The first-order valence-electron chi connectivity index (χ1n) is 6.37. The first-order valence-corrected chi connectivity index (χ1v) is 6.37. The van der Waals surface area contributed by atoms with E-state index < -0.39 is 12.0 Å². The summed E-state index contributed by atoms with van der Waals surface area (Å²) in [6.07, 6.45) is 2.94. The van der Waals surface area contributed by atoms with Crippen LogP contribution in [0.2, 0.25) is 0 Å². The van der Waals surface area contributed by atoms with Crippen molar-refractivity contribution in [2.45, 2.75) is 31.7 Å². The molecule has 1 aromatic rings. The highest BCUT2D eigenvalue weighted by Crippen LogP contribution is 2.26. The maximum Gasteiger partial charge on any atom is 0.326 e. The molecule has 1 atom stereocenters. The molecule has 5 heteroatoms. The van der Waals surface area contributed by atoms with Crippen molar-refractivity contribution < 1.29 is 19.8 Å². The summed E-state index contributed by atoms with van der Waals surface area (Å²) in [4.78, 5) is 22.9. The molecule has 0 aliphatic heterocycles. The van der Waals surface area contributed by atoms with E-state index in [9.17, 15) is 14.7 Å². The number of carbonyl (C=O) groups is 2. The molecule has 0 aromatic heterocycles. The summed E-state index contributed by atoms with van der Waals surface area (Å²) in [6, 6.07) is 5.39. The summed E-state index contributed by atoms with van der Waals surface area (Å²) in [6.45, 7) is 0. The van der Waals surface area contributed by atoms with Crippen LogP contribution in [0.15, 0.2) is 24.3 Å². The number of carboxylic acids is 1. The number of hydrogen-bond acceptors (Lipinski definition) is 3. The molecule has 1 aliphatic rings. The predicted molar refractivity (Wildman–Crippen MR) is 68.7 cm³/mol. The molecule has 2 rings (SSSR count). The number of benzene rings is 1. The quantitative estimate of drug-likeness (QED) is 0.747. The van der Waals surface area contributed by atoms with Crippen LogP contribution in [0, 0.1) is 5.92 Å². The van der Waals surface area contributed by atoms with Crippen LogP contribution >= 0.6 is 0 Å². The zero-order chi connectivity index (χ0) is 13.8. The van der Waals surface area contributed by atoms with Crippen molar-refractivity contribution in [3.8, 4) is 5.75 Å². The number of nitrogens with one attached hydrogen (secondary N) is 1. The number of carbonyl (C=O) groups excluding carboxylic acids is 1. The van der Waals surface area contributed by atoms with Crippen LogP contribution in [-0.2, 0) is 16.0 Å². The fourth-order valence-corrected chi connectivity index (χ4v) is 2.03. The van der Waals surface area contributed by atoms with Crippen molar-refractivity contribution in [3.05, 3.63) is 29.8 Å². The molecular formula is C14H17NO4. The predicted octanol–water partition coefficient (Wildman–Crippen LogP) is 1.30. The molecule has 1 saturated carbocycles. The van der Waals surface area contributed by atoms with Gasteiger partial charge >= 0.3 is 5.97 Å². The Morgan fingerprint density at radius 3 is 2.37 bits per heavy atom. The second-order valence-electron chi connectivity index (χ2n) is 4.90. The van der Waals surface area contributed by atoms with Crippen molar-refractivity contribution in [3.63, 3.8) is 0 Å². The van der Waals surface area contributed by atoms with Gasteiger partial charge < -0.3 is 15.5 Å². The van der Waals surface area contributed by atoms with Gasteiger partial charge in [0.15, 0.2) is 0 Å². The van der Waals surface area contributed by atoms with Crippen LogP contribution in [0.3, 0.4) is 0 Å². The Balaban J connectivity index is 1.97. The van der Waals surface area contributed by atoms with Gasteiger partial charge in [0.1, 0.15) is 11.8 Å². The molecule has 0 spiro atoms. The zero-order valence-corrected chi connectivity index (χ0v) is 10.5. The van der Waals surface area contributed by atoms with Gasteiger partial charge in [-0.1, -0.05) is 18.6 Å². The van der Waals surface area contributed by atoms with Gasteiger partial charge in [0.05, 0.1) is 0 Å². The Kier molecular flexibility index (Phi) is 4.04. The maximum atomic E-state index is 11.8. The minimum Gasteiger partial charge on any atom is -0.508 e. The molecule has 0 radical (unpaired) electrons. The molecule has 3 N–H and O–H groups in total. The molecule has 0 heterocycles. The molecule has 1 aromatic carbocycles. The second-order valence-corrected chi connectivity index (χ2v) is 4.90. The Labute approximate surface area is 111 Å². The van der Waals surface area contributed by atoms with E-state index >= 15 is 0 Å². The third kappa shape index (κ3) is 3.47. The van der Waals surface area contributed by atoms with Gasteiger partial charge in [-0.15, -0.1) is 0 Å². The zero-order valence-electron chi connectivity index (χ0n) is 10.5. The number of phenols is 1. The maximum absolute atomic E-state index is 11.8. The monoisotopic (exact) mass is 263 g/mol. The average Bonchev–Trinajstić information content (AvgIpc) is 2.28. The topological polar surface area (TPSA) is 86.6 Å². The summed E-state index contributed by atoms with van der Waals surface area (Å²) in [5.41, 5.74) is 0.763. The van der Waals surface area contributed by atoms with Gasteiger partial charge in [-0.25, -0.2) is 4.79 Å². The Morgan fingerprint density at radius 1 is 1.26 bits per heavy atom. The number of aromatic hydroxyl groups is 1. The van der Waals surface area contributed by atoms with Gasteiger partial charge in [-0.2, -0.15) is 0 Å². The first kappa shape index (κ1) is 13.4. The van der Waals surface area contributed by atoms with E-state index in [1.54, 1.807) is 12.1 Å². The molecule has 19 heavy (non-hydrogen) atoms. The highest BCUT2D eigenvalue weighted by molar-refractivity contribution is 5.85. The number of phenolic OH excluding ortho intramolecular Hbond substituents is 1. The van der Waals surface area contributed by atoms with Crippen molar-refractivity contribution in [1.82, 2.24) is 5.32 Å². The SMILES string of the molecule is O=C(N[C@H](Cc1ccc(O)cc1)C(=O)O)C1CCC1. The second kappa shape index (κ2) is 5.73. The number of rotatable bonds is 5. The highest BCUT2D eigenvalue weighted by Gasteiger charge is 2.29. The van der Waals surface area contributed by atoms with Crippen molar-refractivity contribution in [1.29, 1.82) is 0 Å². The Hall–Kier alpha value is -2.04. The summed E-state index contributed by atoms with van der Waals surface area (Å²) in [5, 5.41) is 20.9. The Morgan fingerprint density at radius 2 is 1.89 bits per heavy atom. The summed E-state index contributed by atoms with van der Waals surface area (Å²) >= 11 is 0. The van der Waals surface area contributed by atoms with Gasteiger partial charge in [0.25, 0.3) is 0 Å². The van der Waals surface area contributed by atoms with Crippen molar-refractivity contribution in [2.75, 3.05) is 0 Å². The number of aliphatic carboxylic acids is 1. The smallest absolute Gasteiger partial charge is 0.326 e. The summed E-state index contributed by atoms with van der Waals surface area (Å²) < 4.78 is 0. The Bertz CT molecular complexity index is 465.